The maximum absolute atomic E-state index is 12.2. The van der Waals surface area contributed by atoms with E-state index in [4.69, 9.17) is 27.9 Å². The van der Waals surface area contributed by atoms with Crippen molar-refractivity contribution in [2.45, 2.75) is 38.1 Å². The Morgan fingerprint density at radius 2 is 1.79 bits per heavy atom. The number of hydrogen-bond donors (Lipinski definition) is 0. The standard InChI is InChI=1S/C19H26Cl2N4O2S/c1-19(2,3)27-18(26)24-8-5-23(6-9-24)7-10-25-16-12-14(21)13(20)11-15(16)22-17(25)28-4/h11-12H,5-10H2,1-4H3. The highest BCUT2D eigenvalue weighted by Gasteiger charge is 2.26. The first-order valence-electron chi connectivity index (χ1n) is 9.27. The molecule has 1 aliphatic rings. The molecule has 0 spiro atoms. The van der Waals surface area contributed by atoms with Gasteiger partial charge in [-0.05, 0) is 39.2 Å². The molecule has 0 unspecified atom stereocenters. The molecular formula is C19H26Cl2N4O2S. The zero-order valence-electron chi connectivity index (χ0n) is 16.7. The normalized spacial score (nSPS) is 16.0. The Hall–Kier alpha value is -1.15. The molecular weight excluding hydrogens is 419 g/mol. The number of hydrogen-bond acceptors (Lipinski definition) is 5. The van der Waals surface area contributed by atoms with E-state index in [1.54, 1.807) is 16.7 Å². The maximum atomic E-state index is 12.2. The molecule has 0 aliphatic carbocycles. The van der Waals surface area contributed by atoms with E-state index < -0.39 is 5.60 Å². The van der Waals surface area contributed by atoms with Crippen LogP contribution >= 0.6 is 35.0 Å². The van der Waals surface area contributed by atoms with E-state index in [9.17, 15) is 4.79 Å². The van der Waals surface area contributed by atoms with Crippen molar-refractivity contribution in [1.29, 1.82) is 0 Å². The second-order valence-electron chi connectivity index (χ2n) is 7.81. The third kappa shape index (κ3) is 5.06. The minimum absolute atomic E-state index is 0.232. The monoisotopic (exact) mass is 444 g/mol. The number of imidazole rings is 1. The van der Waals surface area contributed by atoms with Gasteiger partial charge in [0.2, 0.25) is 0 Å². The van der Waals surface area contributed by atoms with Crippen LogP contribution in [0.4, 0.5) is 4.79 Å². The fourth-order valence-corrected chi connectivity index (χ4v) is 4.11. The summed E-state index contributed by atoms with van der Waals surface area (Å²) < 4.78 is 7.64. The molecule has 1 aromatic carbocycles. The van der Waals surface area contributed by atoms with Gasteiger partial charge in [-0.1, -0.05) is 35.0 Å². The number of aromatic nitrogens is 2. The van der Waals surface area contributed by atoms with Gasteiger partial charge < -0.3 is 14.2 Å². The Labute approximate surface area is 180 Å². The molecule has 154 valence electrons. The molecule has 3 rings (SSSR count). The molecule has 0 bridgehead atoms. The van der Waals surface area contributed by atoms with Crippen LogP contribution in [-0.4, -0.2) is 70.0 Å². The number of carbonyl (C=O) groups excluding carboxylic acids is 1. The van der Waals surface area contributed by atoms with Crippen molar-refractivity contribution in [3.05, 3.63) is 22.2 Å². The fraction of sp³-hybridized carbons (Fsp3) is 0.579. The first-order chi connectivity index (χ1) is 13.2. The minimum Gasteiger partial charge on any atom is -0.444 e. The second-order valence-corrected chi connectivity index (χ2v) is 9.40. The number of fused-ring (bicyclic) bond motifs is 1. The summed E-state index contributed by atoms with van der Waals surface area (Å²) in [5, 5.41) is 2.00. The Morgan fingerprint density at radius 1 is 1.14 bits per heavy atom. The van der Waals surface area contributed by atoms with Gasteiger partial charge in [-0.25, -0.2) is 9.78 Å². The minimum atomic E-state index is -0.463. The second kappa shape index (κ2) is 8.69. The predicted molar refractivity (Wildman–Crippen MR) is 116 cm³/mol. The molecule has 6 nitrogen and oxygen atoms in total. The number of piperazine rings is 1. The average Bonchev–Trinajstić information content (AvgIpc) is 2.96. The Bertz CT molecular complexity index is 858. The number of nitrogens with zero attached hydrogens (tertiary/aromatic N) is 4. The average molecular weight is 445 g/mol. The first-order valence-corrected chi connectivity index (χ1v) is 11.3. The van der Waals surface area contributed by atoms with E-state index in [-0.39, 0.29) is 6.09 Å². The van der Waals surface area contributed by atoms with Crippen molar-refractivity contribution in [1.82, 2.24) is 19.4 Å². The molecule has 0 saturated carbocycles. The smallest absolute Gasteiger partial charge is 0.410 e. The third-order valence-corrected chi connectivity index (χ3v) is 6.00. The summed E-state index contributed by atoms with van der Waals surface area (Å²) in [4.78, 5) is 21.0. The largest absolute Gasteiger partial charge is 0.444 e. The third-order valence-electron chi connectivity index (χ3n) is 4.60. The summed E-state index contributed by atoms with van der Waals surface area (Å²) in [7, 11) is 0. The van der Waals surface area contributed by atoms with E-state index in [0.29, 0.717) is 23.1 Å². The van der Waals surface area contributed by atoms with Crippen LogP contribution in [0.3, 0.4) is 0 Å². The SMILES string of the molecule is CSc1nc2cc(Cl)c(Cl)cc2n1CCN1CCN(C(=O)OC(C)(C)C)CC1. The van der Waals surface area contributed by atoms with Crippen molar-refractivity contribution < 1.29 is 9.53 Å². The quantitative estimate of drug-likeness (QED) is 0.643. The topological polar surface area (TPSA) is 50.6 Å². The Kier molecular flexibility index (Phi) is 6.69. The highest BCUT2D eigenvalue weighted by atomic mass is 35.5. The van der Waals surface area contributed by atoms with Crippen molar-refractivity contribution in [3.63, 3.8) is 0 Å². The van der Waals surface area contributed by atoms with Crippen LogP contribution in [0, 0.1) is 0 Å². The molecule has 0 radical (unpaired) electrons. The maximum Gasteiger partial charge on any atom is 0.410 e. The molecule has 0 atom stereocenters. The number of rotatable bonds is 4. The van der Waals surface area contributed by atoms with E-state index in [2.05, 4.69) is 14.5 Å². The number of benzene rings is 1. The predicted octanol–water partition coefficient (Wildman–Crippen LogP) is 4.62. The fourth-order valence-electron chi connectivity index (χ4n) is 3.19. The van der Waals surface area contributed by atoms with E-state index in [1.807, 2.05) is 39.2 Å². The Morgan fingerprint density at radius 3 is 2.39 bits per heavy atom. The number of halogens is 2. The number of ether oxygens (including phenoxy) is 1. The first kappa shape index (κ1) is 21.6. The van der Waals surface area contributed by atoms with Crippen molar-refractivity contribution >= 4 is 52.1 Å². The van der Waals surface area contributed by atoms with Crippen molar-refractivity contribution in [2.75, 3.05) is 39.0 Å². The highest BCUT2D eigenvalue weighted by Crippen LogP contribution is 2.30. The summed E-state index contributed by atoms with van der Waals surface area (Å²) in [6, 6.07) is 3.70. The van der Waals surface area contributed by atoms with Gasteiger partial charge in [-0.3, -0.25) is 4.90 Å². The molecule has 28 heavy (non-hydrogen) atoms. The van der Waals surface area contributed by atoms with Crippen LogP contribution in [0.2, 0.25) is 10.0 Å². The van der Waals surface area contributed by atoms with Crippen LogP contribution in [0.1, 0.15) is 20.8 Å². The zero-order valence-corrected chi connectivity index (χ0v) is 19.0. The summed E-state index contributed by atoms with van der Waals surface area (Å²) in [6.45, 7) is 10.4. The van der Waals surface area contributed by atoms with Gasteiger partial charge in [-0.2, -0.15) is 0 Å². The van der Waals surface area contributed by atoms with E-state index in [1.165, 1.54) is 0 Å². The van der Waals surface area contributed by atoms with Crippen molar-refractivity contribution in [3.8, 4) is 0 Å². The number of amides is 1. The van der Waals surface area contributed by atoms with Crippen LogP contribution in [-0.2, 0) is 11.3 Å². The van der Waals surface area contributed by atoms with Gasteiger partial charge in [0.25, 0.3) is 0 Å². The number of thioether (sulfide) groups is 1. The van der Waals surface area contributed by atoms with E-state index in [0.717, 1.165) is 42.4 Å². The molecule has 2 heterocycles. The number of carbonyl (C=O) groups is 1. The van der Waals surface area contributed by atoms with Crippen LogP contribution in [0.15, 0.2) is 17.3 Å². The molecule has 1 aliphatic heterocycles. The van der Waals surface area contributed by atoms with Gasteiger partial charge in [-0.15, -0.1) is 0 Å². The van der Waals surface area contributed by atoms with Gasteiger partial charge in [0.05, 0.1) is 21.1 Å². The summed E-state index contributed by atoms with van der Waals surface area (Å²) in [5.74, 6) is 0. The summed E-state index contributed by atoms with van der Waals surface area (Å²) in [6.07, 6.45) is 1.78. The Balaban J connectivity index is 1.61. The molecule has 1 saturated heterocycles. The van der Waals surface area contributed by atoms with Gasteiger partial charge in [0.15, 0.2) is 5.16 Å². The summed E-state index contributed by atoms with van der Waals surface area (Å²) >= 11 is 14.0. The lowest BCUT2D eigenvalue weighted by Gasteiger charge is -2.35. The van der Waals surface area contributed by atoms with Crippen LogP contribution < -0.4 is 0 Å². The van der Waals surface area contributed by atoms with Crippen molar-refractivity contribution in [2.24, 2.45) is 0 Å². The lowest BCUT2D eigenvalue weighted by atomic mass is 10.2. The van der Waals surface area contributed by atoms with Crippen LogP contribution in [0.25, 0.3) is 11.0 Å². The van der Waals surface area contributed by atoms with Crippen LogP contribution in [0.5, 0.6) is 0 Å². The van der Waals surface area contributed by atoms with Gasteiger partial charge in [0, 0.05) is 39.3 Å². The molecule has 0 N–H and O–H groups in total. The van der Waals surface area contributed by atoms with E-state index >= 15 is 0 Å². The highest BCUT2D eigenvalue weighted by molar-refractivity contribution is 7.98. The molecule has 9 heteroatoms. The lowest BCUT2D eigenvalue weighted by molar-refractivity contribution is 0.0143. The van der Waals surface area contributed by atoms with Gasteiger partial charge >= 0.3 is 6.09 Å². The molecule has 1 amide bonds. The zero-order chi connectivity index (χ0) is 20.5. The van der Waals surface area contributed by atoms with Gasteiger partial charge in [0.1, 0.15) is 5.60 Å². The summed E-state index contributed by atoms with van der Waals surface area (Å²) in [5.41, 5.74) is 1.38. The molecule has 1 fully saturated rings. The molecule has 2 aromatic rings. The lowest BCUT2D eigenvalue weighted by Crippen LogP contribution is -2.50. The molecule has 1 aromatic heterocycles.